The molecule has 6 nitrogen and oxygen atoms in total. The van der Waals surface area contributed by atoms with Crippen LogP contribution in [0.3, 0.4) is 0 Å². The second kappa shape index (κ2) is 15.9. The Hall–Kier alpha value is -4.07. The van der Waals surface area contributed by atoms with Gasteiger partial charge in [-0.1, -0.05) is 105 Å². The third kappa shape index (κ3) is 8.31. The molecular weight excluding hydrogens is 846 g/mol. The van der Waals surface area contributed by atoms with E-state index in [0.717, 1.165) is 43.4 Å². The minimum absolute atomic E-state index is 0.488. The molecule has 0 aliphatic heterocycles. The zero-order valence-electron chi connectivity index (χ0n) is 25.2. The van der Waals surface area contributed by atoms with Crippen molar-refractivity contribution >= 4 is 89.2 Å². The molecule has 0 bridgehead atoms. The number of hydrogen-bond acceptors (Lipinski definition) is 6. The number of halogens is 3. The van der Waals surface area contributed by atoms with Gasteiger partial charge >= 0.3 is 7.12 Å². The summed E-state index contributed by atoms with van der Waals surface area (Å²) in [6.45, 7) is 0. The number of aromatic nitrogens is 2. The molecule has 2 heterocycles. The summed E-state index contributed by atoms with van der Waals surface area (Å²) in [7, 11) is -1.39. The normalized spacial score (nSPS) is 10.6. The van der Waals surface area contributed by atoms with Crippen LogP contribution >= 0.6 is 54.5 Å². The van der Waals surface area contributed by atoms with E-state index in [0.29, 0.717) is 21.7 Å². The lowest BCUT2D eigenvalue weighted by Crippen LogP contribution is -2.30. The van der Waals surface area contributed by atoms with Crippen molar-refractivity contribution in [2.75, 3.05) is 0 Å². The number of hydrogen-bond donors (Lipinski definition) is 2. The van der Waals surface area contributed by atoms with Gasteiger partial charge in [-0.2, -0.15) is 0 Å². The molecule has 0 radical (unpaired) electrons. The molecule has 2 N–H and O–H groups in total. The fraction of sp³-hybridized carbons (Fsp3) is 0. The van der Waals surface area contributed by atoms with E-state index in [1.54, 1.807) is 18.2 Å². The predicted octanol–water partition coefficient (Wildman–Crippen LogP) is 10.2. The molecule has 0 spiro atoms. The lowest BCUT2D eigenvalue weighted by Gasteiger charge is -2.05. The van der Waals surface area contributed by atoms with Gasteiger partial charge < -0.3 is 18.9 Å². The Labute approximate surface area is 308 Å². The molecule has 0 amide bonds. The molecule has 236 valence electrons. The largest absolute Gasteiger partial charge is 0.489 e. The molecule has 8 rings (SSSR count). The van der Waals surface area contributed by atoms with Crippen LogP contribution in [0, 0.1) is 3.57 Å². The number of benzene rings is 6. The highest BCUT2D eigenvalue weighted by molar-refractivity contribution is 14.1. The Morgan fingerprint density at radius 2 is 0.938 bits per heavy atom. The molecule has 0 unspecified atom stereocenters. The molecule has 0 aliphatic carbocycles. The van der Waals surface area contributed by atoms with Crippen LogP contribution in [0.2, 0.25) is 0 Å². The SMILES string of the molecule is Brc1ccccc1-c1ccc(-c2nc3ccccc3o2)cc1.Ic1ccc(-c2nc3ccccc3o2)cc1.OB(O)c1ccccc1Br. The Morgan fingerprint density at radius 1 is 0.500 bits per heavy atom. The van der Waals surface area contributed by atoms with Crippen molar-refractivity contribution in [1.82, 2.24) is 9.97 Å². The highest BCUT2D eigenvalue weighted by atomic mass is 127. The summed E-state index contributed by atoms with van der Waals surface area (Å²) >= 11 is 9.04. The van der Waals surface area contributed by atoms with Gasteiger partial charge in [0.2, 0.25) is 11.8 Å². The van der Waals surface area contributed by atoms with Crippen LogP contribution in [0.4, 0.5) is 0 Å². The van der Waals surface area contributed by atoms with Gasteiger partial charge in [-0.25, -0.2) is 9.97 Å². The molecule has 6 aromatic carbocycles. The van der Waals surface area contributed by atoms with Gasteiger partial charge in [0, 0.05) is 23.6 Å². The second-order valence-corrected chi connectivity index (χ2v) is 13.4. The maximum atomic E-state index is 8.73. The molecule has 0 saturated carbocycles. The first kappa shape index (κ1) is 33.8. The first-order valence-electron chi connectivity index (χ1n) is 14.8. The van der Waals surface area contributed by atoms with Crippen LogP contribution in [-0.4, -0.2) is 27.1 Å². The minimum atomic E-state index is -1.39. The minimum Gasteiger partial charge on any atom is -0.436 e. The quantitative estimate of drug-likeness (QED) is 0.135. The lowest BCUT2D eigenvalue weighted by atomic mass is 9.80. The topological polar surface area (TPSA) is 92.5 Å². The van der Waals surface area contributed by atoms with Crippen molar-refractivity contribution in [2.45, 2.75) is 0 Å². The second-order valence-electron chi connectivity index (χ2n) is 10.4. The average Bonchev–Trinajstić information content (AvgIpc) is 3.75. The van der Waals surface area contributed by atoms with Gasteiger partial charge in [-0.3, -0.25) is 0 Å². The van der Waals surface area contributed by atoms with Crippen LogP contribution in [0.5, 0.6) is 0 Å². The molecule has 0 atom stereocenters. The Balaban J connectivity index is 0.000000135. The van der Waals surface area contributed by atoms with Gasteiger partial charge in [0.25, 0.3) is 0 Å². The standard InChI is InChI=1S/C19H12BrNO.C13H8INO.C6H6BBrO2/c20-16-6-2-1-5-15(16)13-9-11-14(12-10-13)19-21-17-7-3-4-8-18(17)22-19;14-10-7-5-9(6-8-10)13-15-11-3-1-2-4-12(11)16-13;8-6-4-2-1-3-5(6)7(9)10/h1-12H;1-8H;1-4,9-10H. The summed E-state index contributed by atoms with van der Waals surface area (Å²) in [4.78, 5) is 8.97. The Kier molecular flexibility index (Phi) is 11.2. The summed E-state index contributed by atoms with van der Waals surface area (Å²) in [6, 6.07) is 47.1. The van der Waals surface area contributed by atoms with Crippen LogP contribution in [0.25, 0.3) is 56.2 Å². The number of para-hydroxylation sites is 4. The van der Waals surface area contributed by atoms with E-state index < -0.39 is 7.12 Å². The molecule has 0 saturated heterocycles. The van der Waals surface area contributed by atoms with Crippen LogP contribution < -0.4 is 5.46 Å². The number of nitrogens with zero attached hydrogens (tertiary/aromatic N) is 2. The van der Waals surface area contributed by atoms with E-state index in [2.05, 4.69) is 82.6 Å². The van der Waals surface area contributed by atoms with Crippen molar-refractivity contribution in [2.24, 2.45) is 0 Å². The summed E-state index contributed by atoms with van der Waals surface area (Å²) in [5.41, 5.74) is 8.23. The van der Waals surface area contributed by atoms with Crippen LogP contribution in [0.1, 0.15) is 0 Å². The zero-order valence-corrected chi connectivity index (χ0v) is 30.5. The molecule has 0 fully saturated rings. The number of oxazole rings is 2. The highest BCUT2D eigenvalue weighted by Gasteiger charge is 2.13. The Bertz CT molecular complexity index is 2210. The van der Waals surface area contributed by atoms with E-state index in [1.165, 1.54) is 9.13 Å². The monoisotopic (exact) mass is 870 g/mol. The summed E-state index contributed by atoms with van der Waals surface area (Å²) in [5.74, 6) is 1.33. The first-order chi connectivity index (χ1) is 23.4. The lowest BCUT2D eigenvalue weighted by molar-refractivity contribution is 0.425. The van der Waals surface area contributed by atoms with E-state index in [1.807, 2.05) is 109 Å². The van der Waals surface area contributed by atoms with E-state index in [-0.39, 0.29) is 0 Å². The number of rotatable bonds is 4. The Morgan fingerprint density at radius 3 is 1.42 bits per heavy atom. The number of fused-ring (bicyclic) bond motifs is 2. The highest BCUT2D eigenvalue weighted by Crippen LogP contribution is 2.31. The average molecular weight is 872 g/mol. The van der Waals surface area contributed by atoms with Crippen molar-refractivity contribution in [3.05, 3.63) is 158 Å². The fourth-order valence-electron chi connectivity index (χ4n) is 4.76. The maximum absolute atomic E-state index is 8.73. The molecule has 0 aliphatic rings. The molecular formula is C38H26BBr2IN2O4. The van der Waals surface area contributed by atoms with Crippen molar-refractivity contribution in [3.63, 3.8) is 0 Å². The first-order valence-corrected chi connectivity index (χ1v) is 17.4. The smallest absolute Gasteiger partial charge is 0.436 e. The van der Waals surface area contributed by atoms with E-state index >= 15 is 0 Å². The summed E-state index contributed by atoms with van der Waals surface area (Å²) in [5, 5.41) is 17.5. The third-order valence-corrected chi connectivity index (χ3v) is 9.31. The van der Waals surface area contributed by atoms with Crippen molar-refractivity contribution in [1.29, 1.82) is 0 Å². The summed E-state index contributed by atoms with van der Waals surface area (Å²) < 4.78 is 14.5. The van der Waals surface area contributed by atoms with Gasteiger partial charge in [0.05, 0.1) is 0 Å². The van der Waals surface area contributed by atoms with Gasteiger partial charge in [-0.05, 0) is 112 Å². The van der Waals surface area contributed by atoms with Gasteiger partial charge in [0.15, 0.2) is 11.2 Å². The zero-order chi connectivity index (χ0) is 33.5. The van der Waals surface area contributed by atoms with Gasteiger partial charge in [0.1, 0.15) is 11.0 Å². The van der Waals surface area contributed by atoms with Gasteiger partial charge in [-0.15, -0.1) is 0 Å². The maximum Gasteiger partial charge on any atom is 0.489 e. The van der Waals surface area contributed by atoms with Crippen LogP contribution in [-0.2, 0) is 0 Å². The molecule has 10 heteroatoms. The molecule has 8 aromatic rings. The molecule has 48 heavy (non-hydrogen) atoms. The van der Waals surface area contributed by atoms with Crippen molar-refractivity contribution < 1.29 is 18.9 Å². The molecule has 2 aromatic heterocycles. The van der Waals surface area contributed by atoms with Crippen molar-refractivity contribution in [3.8, 4) is 34.0 Å². The van der Waals surface area contributed by atoms with Crippen LogP contribution in [0.15, 0.2) is 163 Å². The predicted molar refractivity (Wildman–Crippen MR) is 209 cm³/mol. The van der Waals surface area contributed by atoms with E-state index in [4.69, 9.17) is 18.9 Å². The fourth-order valence-corrected chi connectivity index (χ4v) is 6.12. The third-order valence-electron chi connectivity index (χ3n) is 7.18. The van der Waals surface area contributed by atoms with E-state index in [9.17, 15) is 0 Å². The summed E-state index contributed by atoms with van der Waals surface area (Å²) in [6.07, 6.45) is 0.